The summed E-state index contributed by atoms with van der Waals surface area (Å²) in [5.41, 5.74) is 1.86. The molecule has 0 bridgehead atoms. The van der Waals surface area contributed by atoms with E-state index in [2.05, 4.69) is 15.1 Å². The maximum Gasteiger partial charge on any atom is 0.292 e. The van der Waals surface area contributed by atoms with Gasteiger partial charge in [0.05, 0.1) is 5.69 Å². The molecule has 0 aliphatic carbocycles. The molecule has 3 rings (SSSR count). The molecule has 0 spiro atoms. The maximum atomic E-state index is 12.4. The van der Waals surface area contributed by atoms with Crippen LogP contribution in [0.15, 0.2) is 16.8 Å². The van der Waals surface area contributed by atoms with E-state index in [1.54, 1.807) is 6.07 Å². The molecule has 0 radical (unpaired) electrons. The molecule has 0 aromatic carbocycles. The Morgan fingerprint density at radius 1 is 1.52 bits per heavy atom. The maximum absolute atomic E-state index is 12.4. The summed E-state index contributed by atoms with van der Waals surface area (Å²) in [5.74, 6) is 1.74. The van der Waals surface area contributed by atoms with Gasteiger partial charge in [-0.2, -0.15) is 0 Å². The van der Waals surface area contributed by atoms with Crippen molar-refractivity contribution in [2.75, 3.05) is 13.1 Å². The Labute approximate surface area is 123 Å². The van der Waals surface area contributed by atoms with E-state index in [9.17, 15) is 4.79 Å². The summed E-state index contributed by atoms with van der Waals surface area (Å²) in [4.78, 5) is 21.9. The van der Waals surface area contributed by atoms with E-state index in [1.807, 2.05) is 31.9 Å². The Kier molecular flexibility index (Phi) is 3.53. The third-order valence-corrected chi connectivity index (χ3v) is 3.92. The number of aromatic nitrogens is 3. The number of carbonyl (C=O) groups is 1. The lowest BCUT2D eigenvalue weighted by atomic mass is 10.1. The summed E-state index contributed by atoms with van der Waals surface area (Å²) in [5, 5.41) is 3.95. The van der Waals surface area contributed by atoms with Gasteiger partial charge in [-0.05, 0) is 19.3 Å². The molecule has 2 aromatic heterocycles. The molecule has 1 amide bonds. The van der Waals surface area contributed by atoms with E-state index in [0.29, 0.717) is 12.3 Å². The van der Waals surface area contributed by atoms with E-state index in [0.717, 1.165) is 30.2 Å². The number of hydrogen-bond acceptors (Lipinski definition) is 4. The number of imidazole rings is 1. The van der Waals surface area contributed by atoms with Crippen LogP contribution in [0, 0.1) is 6.92 Å². The first-order valence-electron chi connectivity index (χ1n) is 7.32. The van der Waals surface area contributed by atoms with E-state index >= 15 is 0 Å². The van der Waals surface area contributed by atoms with Crippen LogP contribution in [0.25, 0.3) is 0 Å². The summed E-state index contributed by atoms with van der Waals surface area (Å²) in [7, 11) is 0. The van der Waals surface area contributed by atoms with Gasteiger partial charge in [-0.1, -0.05) is 19.0 Å². The zero-order valence-electron chi connectivity index (χ0n) is 12.6. The van der Waals surface area contributed by atoms with Crippen LogP contribution >= 0.6 is 0 Å². The Bertz CT molecular complexity index is 644. The second-order valence-electron chi connectivity index (χ2n) is 5.96. The van der Waals surface area contributed by atoms with Gasteiger partial charge in [-0.15, -0.1) is 0 Å². The van der Waals surface area contributed by atoms with Gasteiger partial charge in [0.25, 0.3) is 5.91 Å². The molecule has 6 heteroatoms. The van der Waals surface area contributed by atoms with Crippen LogP contribution < -0.4 is 0 Å². The molecular weight excluding hydrogens is 268 g/mol. The van der Waals surface area contributed by atoms with Crippen molar-refractivity contribution in [3.8, 4) is 0 Å². The highest BCUT2D eigenvalue weighted by Gasteiger charge is 2.31. The van der Waals surface area contributed by atoms with Crippen LogP contribution in [0.2, 0.25) is 0 Å². The first-order valence-corrected chi connectivity index (χ1v) is 7.32. The zero-order chi connectivity index (χ0) is 15.0. The molecule has 1 N–H and O–H groups in total. The van der Waals surface area contributed by atoms with E-state index in [4.69, 9.17) is 4.52 Å². The standard InChI is InChI=1S/C15H20N4O2/c1-9(2)12-6-13(21-18-12)15(20)19-5-4-11(8-19)14-16-7-10(3)17-14/h6-7,9,11H,4-5,8H2,1-3H3,(H,16,17)/t11-/m1/s1. The van der Waals surface area contributed by atoms with Crippen molar-refractivity contribution in [3.63, 3.8) is 0 Å². The van der Waals surface area contributed by atoms with Crippen molar-refractivity contribution in [1.29, 1.82) is 0 Å². The topological polar surface area (TPSA) is 75.0 Å². The van der Waals surface area contributed by atoms with Crippen LogP contribution in [-0.4, -0.2) is 39.0 Å². The molecular formula is C15H20N4O2. The van der Waals surface area contributed by atoms with Gasteiger partial charge in [-0.3, -0.25) is 4.79 Å². The Hall–Kier alpha value is -2.11. The zero-order valence-corrected chi connectivity index (χ0v) is 12.6. The molecule has 0 unspecified atom stereocenters. The minimum atomic E-state index is -0.0832. The van der Waals surface area contributed by atoms with Gasteiger partial charge in [-0.25, -0.2) is 4.98 Å². The number of carbonyl (C=O) groups excluding carboxylic acids is 1. The summed E-state index contributed by atoms with van der Waals surface area (Å²) in [6.45, 7) is 7.43. The van der Waals surface area contributed by atoms with Crippen molar-refractivity contribution >= 4 is 5.91 Å². The number of nitrogens with one attached hydrogen (secondary N) is 1. The first kappa shape index (κ1) is 13.9. The first-order chi connectivity index (χ1) is 10.0. The quantitative estimate of drug-likeness (QED) is 0.941. The van der Waals surface area contributed by atoms with E-state index < -0.39 is 0 Å². The number of likely N-dealkylation sites (tertiary alicyclic amines) is 1. The second kappa shape index (κ2) is 5.35. The fourth-order valence-electron chi connectivity index (χ4n) is 2.63. The summed E-state index contributed by atoms with van der Waals surface area (Å²) < 4.78 is 5.18. The van der Waals surface area contributed by atoms with Crippen LogP contribution in [-0.2, 0) is 0 Å². The number of H-pyrrole nitrogens is 1. The van der Waals surface area contributed by atoms with Crippen molar-refractivity contribution < 1.29 is 9.32 Å². The molecule has 3 heterocycles. The fourth-order valence-corrected chi connectivity index (χ4v) is 2.63. The van der Waals surface area contributed by atoms with Crippen molar-refractivity contribution in [1.82, 2.24) is 20.0 Å². The van der Waals surface area contributed by atoms with E-state index in [1.165, 1.54) is 0 Å². The Morgan fingerprint density at radius 3 is 2.95 bits per heavy atom. The lowest BCUT2D eigenvalue weighted by molar-refractivity contribution is 0.0749. The average molecular weight is 288 g/mol. The summed E-state index contributed by atoms with van der Waals surface area (Å²) in [6, 6.07) is 1.75. The monoisotopic (exact) mass is 288 g/mol. The molecule has 2 aromatic rings. The highest BCUT2D eigenvalue weighted by atomic mass is 16.5. The van der Waals surface area contributed by atoms with Crippen LogP contribution in [0.3, 0.4) is 0 Å². The van der Waals surface area contributed by atoms with Gasteiger partial charge < -0.3 is 14.4 Å². The molecule has 1 fully saturated rings. The minimum Gasteiger partial charge on any atom is -0.351 e. The highest BCUT2D eigenvalue weighted by molar-refractivity contribution is 5.91. The Balaban J connectivity index is 1.69. The second-order valence-corrected chi connectivity index (χ2v) is 5.96. The number of amides is 1. The van der Waals surface area contributed by atoms with Gasteiger partial charge in [0.1, 0.15) is 5.82 Å². The van der Waals surface area contributed by atoms with Gasteiger partial charge >= 0.3 is 0 Å². The molecule has 1 saturated heterocycles. The van der Waals surface area contributed by atoms with Gasteiger partial charge in [0.15, 0.2) is 0 Å². The molecule has 6 nitrogen and oxygen atoms in total. The van der Waals surface area contributed by atoms with Crippen molar-refractivity contribution in [3.05, 3.63) is 35.2 Å². The van der Waals surface area contributed by atoms with Crippen LogP contribution in [0.5, 0.6) is 0 Å². The van der Waals surface area contributed by atoms with Crippen LogP contribution in [0.1, 0.15) is 59.9 Å². The highest BCUT2D eigenvalue weighted by Crippen LogP contribution is 2.26. The van der Waals surface area contributed by atoms with Crippen LogP contribution in [0.4, 0.5) is 0 Å². The molecule has 1 aliphatic rings. The predicted molar refractivity (Wildman–Crippen MR) is 77.2 cm³/mol. The number of nitrogens with zero attached hydrogens (tertiary/aromatic N) is 3. The molecule has 0 saturated carbocycles. The lowest BCUT2D eigenvalue weighted by Crippen LogP contribution is -2.28. The summed E-state index contributed by atoms with van der Waals surface area (Å²) >= 11 is 0. The third-order valence-electron chi connectivity index (χ3n) is 3.92. The largest absolute Gasteiger partial charge is 0.351 e. The molecule has 21 heavy (non-hydrogen) atoms. The van der Waals surface area contributed by atoms with E-state index in [-0.39, 0.29) is 17.7 Å². The third kappa shape index (κ3) is 2.70. The number of aryl methyl sites for hydroxylation is 1. The molecule has 1 aliphatic heterocycles. The smallest absolute Gasteiger partial charge is 0.292 e. The van der Waals surface area contributed by atoms with Gasteiger partial charge in [0.2, 0.25) is 5.76 Å². The lowest BCUT2D eigenvalue weighted by Gasteiger charge is -2.13. The van der Waals surface area contributed by atoms with Gasteiger partial charge in [0, 0.05) is 37.0 Å². The molecule has 112 valence electrons. The fraction of sp³-hybridized carbons (Fsp3) is 0.533. The average Bonchev–Trinajstić information content (AvgIpc) is 3.17. The van der Waals surface area contributed by atoms with Crippen molar-refractivity contribution in [2.45, 2.75) is 39.0 Å². The number of aromatic amines is 1. The number of rotatable bonds is 3. The Morgan fingerprint density at radius 2 is 2.33 bits per heavy atom. The SMILES string of the molecule is Cc1cnc([C@@H]2CCN(C(=O)c3cc(C(C)C)no3)C2)[nH]1. The normalized spacial score (nSPS) is 18.7. The summed E-state index contributed by atoms with van der Waals surface area (Å²) in [6.07, 6.45) is 2.75. The minimum absolute atomic E-state index is 0.0832. The number of hydrogen-bond donors (Lipinski definition) is 1. The van der Waals surface area contributed by atoms with Crippen molar-refractivity contribution in [2.24, 2.45) is 0 Å². The molecule has 1 atom stereocenters. The predicted octanol–water partition coefficient (Wildman–Crippen LogP) is 2.46.